The Bertz CT molecular complexity index is 1150. The van der Waals surface area contributed by atoms with Gasteiger partial charge in [-0.2, -0.15) is 8.42 Å². The van der Waals surface area contributed by atoms with Crippen molar-refractivity contribution in [3.63, 3.8) is 0 Å². The fourth-order valence-corrected chi connectivity index (χ4v) is 11.0. The molecule has 1 aromatic carbocycles. The van der Waals surface area contributed by atoms with Gasteiger partial charge in [-0.25, -0.2) is 0 Å². The fourth-order valence-electron chi connectivity index (χ4n) is 9.93. The summed E-state index contributed by atoms with van der Waals surface area (Å²) in [4.78, 5) is 0.372. The van der Waals surface area contributed by atoms with Gasteiger partial charge in [0.05, 0.1) is 0 Å². The molecule has 4 N–H and O–H groups in total. The number of unbranched alkanes of at least 4 members (excludes halogenated alkanes) is 35. The van der Waals surface area contributed by atoms with E-state index in [9.17, 15) is 13.0 Å². The molecule has 0 aromatic heterocycles. The zero-order chi connectivity index (χ0) is 43.8. The summed E-state index contributed by atoms with van der Waals surface area (Å²) in [5.74, 6) is 0. The highest BCUT2D eigenvalue weighted by atomic mass is 32.2. The zero-order valence-corrected chi connectivity index (χ0v) is 43.0. The first-order chi connectivity index (χ1) is 29.4. The van der Waals surface area contributed by atoms with Crippen molar-refractivity contribution in [3.8, 4) is 0 Å². The minimum Gasteiger partial charge on any atom is -0.344 e. The summed E-state index contributed by atoms with van der Waals surface area (Å²) in [5.41, 5.74) is 6.32. The fraction of sp³-hybridized carbons (Fsp3) is 0.893. The highest BCUT2D eigenvalue weighted by Crippen LogP contribution is 2.38. The lowest BCUT2D eigenvalue weighted by atomic mass is 9.81. The third-order valence-electron chi connectivity index (χ3n) is 13.7. The van der Waals surface area contributed by atoms with Gasteiger partial charge in [0.15, 0.2) is 0 Å². The quantitative estimate of drug-likeness (QED) is 0.0504. The van der Waals surface area contributed by atoms with Gasteiger partial charge in [-0.05, 0) is 92.0 Å². The van der Waals surface area contributed by atoms with Gasteiger partial charge in [0, 0.05) is 0 Å². The molecule has 61 heavy (non-hydrogen) atoms. The molecule has 5 heteroatoms. The maximum absolute atomic E-state index is 13.9. The molecule has 0 bridgehead atoms. The number of rotatable bonds is 46. The van der Waals surface area contributed by atoms with Crippen LogP contribution in [0.25, 0.3) is 0 Å². The van der Waals surface area contributed by atoms with E-state index in [4.69, 9.17) is 0 Å². The van der Waals surface area contributed by atoms with Crippen molar-refractivity contribution in [1.82, 2.24) is 6.15 Å². The molecule has 362 valence electrons. The van der Waals surface area contributed by atoms with Gasteiger partial charge >= 0.3 is 0 Å². The van der Waals surface area contributed by atoms with Crippen LogP contribution in [0.4, 0.5) is 0 Å². The Kier molecular flexibility index (Phi) is 42.4. The maximum Gasteiger partial charge on any atom is 0.295 e. The van der Waals surface area contributed by atoms with E-state index in [1.54, 1.807) is 0 Å². The Morgan fingerprint density at radius 2 is 0.410 bits per heavy atom. The van der Waals surface area contributed by atoms with Crippen molar-refractivity contribution >= 4 is 10.1 Å². The Balaban J connectivity index is 0.0000360. The van der Waals surface area contributed by atoms with Crippen LogP contribution >= 0.6 is 0 Å². The topological polar surface area (TPSA) is 89.4 Å². The van der Waals surface area contributed by atoms with Gasteiger partial charge in [0.1, 0.15) is 4.90 Å². The molecule has 0 aliphatic carbocycles. The zero-order valence-electron chi connectivity index (χ0n) is 42.2. The number of hydrogen-bond donors (Lipinski definition) is 2. The maximum atomic E-state index is 13.9. The van der Waals surface area contributed by atoms with E-state index in [2.05, 4.69) is 34.6 Å². The van der Waals surface area contributed by atoms with Crippen LogP contribution in [0.5, 0.6) is 0 Å². The van der Waals surface area contributed by atoms with Crippen LogP contribution in [0.3, 0.4) is 0 Å². The van der Waals surface area contributed by atoms with Gasteiger partial charge in [0.2, 0.25) is 0 Å². The molecule has 0 unspecified atom stereocenters. The van der Waals surface area contributed by atoms with Gasteiger partial charge in [-0.1, -0.05) is 259 Å². The summed E-state index contributed by atoms with van der Waals surface area (Å²) in [5, 5.41) is 0. The first-order valence-corrected chi connectivity index (χ1v) is 29.0. The molecule has 0 fully saturated rings. The third kappa shape index (κ3) is 30.8. The van der Waals surface area contributed by atoms with Gasteiger partial charge in [-0.15, -0.1) is 0 Å². The molecule has 1 rings (SSSR count). The smallest absolute Gasteiger partial charge is 0.295 e. The van der Waals surface area contributed by atoms with Crippen molar-refractivity contribution in [1.29, 1.82) is 0 Å². The van der Waals surface area contributed by atoms with Gasteiger partial charge in [-0.3, -0.25) is 4.55 Å². The molecule has 0 atom stereocenters. The summed E-state index contributed by atoms with van der Waals surface area (Å²) in [7, 11) is -4.38. The molecule has 0 radical (unpaired) electrons. The minimum atomic E-state index is -4.38. The molecule has 4 nitrogen and oxygen atoms in total. The van der Waals surface area contributed by atoms with E-state index in [0.29, 0.717) is 4.90 Å². The van der Waals surface area contributed by atoms with Crippen molar-refractivity contribution in [2.45, 2.75) is 328 Å². The van der Waals surface area contributed by atoms with E-state index in [1.165, 1.54) is 235 Å². The second-order valence-corrected chi connectivity index (χ2v) is 20.7. The van der Waals surface area contributed by atoms with Crippen molar-refractivity contribution in [2.75, 3.05) is 0 Å². The predicted octanol–water partition coefficient (Wildman–Crippen LogP) is 19.5. The van der Waals surface area contributed by atoms with Crippen LogP contribution < -0.4 is 6.15 Å². The van der Waals surface area contributed by atoms with E-state index < -0.39 is 10.1 Å². The van der Waals surface area contributed by atoms with Gasteiger partial charge in [0.25, 0.3) is 10.1 Å². The number of hydrogen-bond acceptors (Lipinski definition) is 3. The highest BCUT2D eigenvalue weighted by Gasteiger charge is 2.29. The Morgan fingerprint density at radius 3 is 0.590 bits per heavy atom. The largest absolute Gasteiger partial charge is 0.344 e. The first kappa shape index (κ1) is 60.1. The average Bonchev–Trinajstić information content (AvgIpc) is 3.23. The third-order valence-corrected chi connectivity index (χ3v) is 14.7. The molecule has 0 saturated carbocycles. The molecule has 0 spiro atoms. The second kappa shape index (κ2) is 43.0. The molecular weight excluding hydrogens is 767 g/mol. The summed E-state index contributed by atoms with van der Waals surface area (Å²) >= 11 is 0. The standard InChI is InChI=1S/C56H106O3S.H3N/c1-6-11-16-21-26-31-36-41-46-51-52(47-42-37-32-27-22-17-12-7-2)54(49-44-39-34-29-24-19-14-9-4)56(60(57,58)59)55(50-45-40-35-30-25-20-15-10-5)53(51)48-43-38-33-28-23-18-13-8-3;/h6-50H2,1-5H3,(H,57,58,59);1H3. The van der Waals surface area contributed by atoms with Crippen LogP contribution in [-0.4, -0.2) is 13.0 Å². The lowest BCUT2D eigenvalue weighted by Gasteiger charge is -2.27. The lowest BCUT2D eigenvalue weighted by Crippen LogP contribution is -2.18. The van der Waals surface area contributed by atoms with Crippen LogP contribution in [0.15, 0.2) is 4.90 Å². The normalized spacial score (nSPS) is 11.8. The van der Waals surface area contributed by atoms with Crippen molar-refractivity contribution in [2.24, 2.45) is 0 Å². The summed E-state index contributed by atoms with van der Waals surface area (Å²) in [6, 6.07) is 0. The summed E-state index contributed by atoms with van der Waals surface area (Å²) in [6.07, 6.45) is 55.4. The summed E-state index contributed by atoms with van der Waals surface area (Å²) < 4.78 is 39.2. The second-order valence-electron chi connectivity index (χ2n) is 19.3. The molecule has 0 aliphatic rings. The SMILES string of the molecule is CCCCCCCCCCc1c(CCCCCCCCCC)c(CCCCCCCCCC)c(S(=O)(=O)O)c(CCCCCCCCCC)c1CCCCCCCCCC.N. The monoisotopic (exact) mass is 876 g/mol. The summed E-state index contributed by atoms with van der Waals surface area (Å²) in [6.45, 7) is 11.5. The van der Waals surface area contributed by atoms with Crippen molar-refractivity contribution in [3.05, 3.63) is 27.8 Å². The number of benzene rings is 1. The minimum absolute atomic E-state index is 0. The predicted molar refractivity (Wildman–Crippen MR) is 273 cm³/mol. The van der Waals surface area contributed by atoms with E-state index in [0.717, 1.165) is 81.8 Å². The molecular formula is C56H109NO3S. The Morgan fingerprint density at radius 1 is 0.262 bits per heavy atom. The molecule has 0 amide bonds. The van der Waals surface area contributed by atoms with E-state index in [-0.39, 0.29) is 6.15 Å². The van der Waals surface area contributed by atoms with Crippen LogP contribution in [0.2, 0.25) is 0 Å². The Hall–Kier alpha value is -0.910. The lowest BCUT2D eigenvalue weighted by molar-refractivity contribution is 0.478. The molecule has 0 heterocycles. The van der Waals surface area contributed by atoms with Crippen LogP contribution in [0, 0.1) is 0 Å². The molecule has 0 aliphatic heterocycles. The Labute approximate surface area is 383 Å². The van der Waals surface area contributed by atoms with E-state index >= 15 is 0 Å². The van der Waals surface area contributed by atoms with Crippen LogP contribution in [-0.2, 0) is 42.2 Å². The average molecular weight is 877 g/mol. The van der Waals surface area contributed by atoms with Crippen molar-refractivity contribution < 1.29 is 13.0 Å². The first-order valence-electron chi connectivity index (χ1n) is 27.5. The molecule has 0 saturated heterocycles. The van der Waals surface area contributed by atoms with Gasteiger partial charge < -0.3 is 6.15 Å². The highest BCUT2D eigenvalue weighted by molar-refractivity contribution is 7.86. The van der Waals surface area contributed by atoms with Crippen LogP contribution in [0.1, 0.15) is 319 Å². The molecule has 1 aromatic rings. The van der Waals surface area contributed by atoms with E-state index in [1.807, 2.05) is 0 Å².